The van der Waals surface area contributed by atoms with Crippen molar-refractivity contribution in [1.29, 1.82) is 0 Å². The highest BCUT2D eigenvalue weighted by Crippen LogP contribution is 2.15. The van der Waals surface area contributed by atoms with Gasteiger partial charge in [0, 0.05) is 0 Å². The minimum absolute atomic E-state index is 0. The van der Waals surface area contributed by atoms with E-state index in [1.165, 1.54) is 6.07 Å². The molecule has 0 bridgehead atoms. The fraction of sp³-hybridized carbons (Fsp3) is 0.364. The fourth-order valence-corrected chi connectivity index (χ4v) is 1.21. The first-order valence-corrected chi connectivity index (χ1v) is 4.92. The third-order valence-corrected chi connectivity index (χ3v) is 2.22. The highest BCUT2D eigenvalue weighted by atomic mass is 35.5. The molecule has 1 rings (SSSR count). The van der Waals surface area contributed by atoms with Crippen molar-refractivity contribution in [3.8, 4) is 0 Å². The van der Waals surface area contributed by atoms with Crippen molar-refractivity contribution < 1.29 is 13.6 Å². The molecule has 2 atom stereocenters. The van der Waals surface area contributed by atoms with E-state index in [1.807, 2.05) is 0 Å². The molecule has 0 aliphatic heterocycles. The van der Waals surface area contributed by atoms with Crippen LogP contribution in [0.3, 0.4) is 0 Å². The summed E-state index contributed by atoms with van der Waals surface area (Å²) in [4.78, 5) is 11.3. The quantitative estimate of drug-likeness (QED) is 0.876. The summed E-state index contributed by atoms with van der Waals surface area (Å²) in [5, 5.41) is 2.59. The van der Waals surface area contributed by atoms with Gasteiger partial charge in [-0.05, 0) is 31.5 Å². The number of hydrogen-bond acceptors (Lipinski definition) is 2. The minimum Gasteiger partial charge on any atom is -0.348 e. The number of hydrogen-bond donors (Lipinski definition) is 2. The summed E-state index contributed by atoms with van der Waals surface area (Å²) in [6, 6.07) is 2.46. The molecule has 3 nitrogen and oxygen atoms in total. The van der Waals surface area contributed by atoms with E-state index >= 15 is 0 Å². The van der Waals surface area contributed by atoms with Crippen molar-refractivity contribution in [1.82, 2.24) is 5.32 Å². The Kier molecular flexibility index (Phi) is 6.05. The molecular formula is C11H15ClF2N2O. The van der Waals surface area contributed by atoms with Gasteiger partial charge in [0.25, 0.3) is 0 Å². The van der Waals surface area contributed by atoms with Crippen LogP contribution in [0.15, 0.2) is 18.2 Å². The average molecular weight is 265 g/mol. The molecule has 2 unspecified atom stereocenters. The number of carbonyl (C=O) groups is 1. The molecule has 96 valence electrons. The van der Waals surface area contributed by atoms with E-state index in [0.29, 0.717) is 5.56 Å². The zero-order valence-electron chi connectivity index (χ0n) is 9.54. The topological polar surface area (TPSA) is 55.1 Å². The Hall–Kier alpha value is -1.20. The molecule has 3 N–H and O–H groups in total. The molecular weight excluding hydrogens is 250 g/mol. The van der Waals surface area contributed by atoms with Gasteiger partial charge in [-0.1, -0.05) is 6.07 Å². The van der Waals surface area contributed by atoms with Gasteiger partial charge < -0.3 is 11.1 Å². The summed E-state index contributed by atoms with van der Waals surface area (Å²) in [5.41, 5.74) is 5.86. The van der Waals surface area contributed by atoms with E-state index in [-0.39, 0.29) is 18.3 Å². The molecule has 1 aromatic rings. The summed E-state index contributed by atoms with van der Waals surface area (Å²) in [6.45, 7) is 3.22. The third-order valence-electron chi connectivity index (χ3n) is 2.22. The van der Waals surface area contributed by atoms with Crippen molar-refractivity contribution in [2.24, 2.45) is 5.73 Å². The second kappa shape index (κ2) is 6.51. The molecule has 0 saturated heterocycles. The fourth-order valence-electron chi connectivity index (χ4n) is 1.21. The number of nitrogens with two attached hydrogens (primary N) is 1. The van der Waals surface area contributed by atoms with E-state index in [1.54, 1.807) is 13.8 Å². The van der Waals surface area contributed by atoms with Gasteiger partial charge >= 0.3 is 0 Å². The zero-order chi connectivity index (χ0) is 12.3. The van der Waals surface area contributed by atoms with Crippen LogP contribution in [0, 0.1) is 11.6 Å². The lowest BCUT2D eigenvalue weighted by atomic mass is 10.1. The smallest absolute Gasteiger partial charge is 0.237 e. The summed E-state index contributed by atoms with van der Waals surface area (Å²) in [5.74, 6) is -2.17. The van der Waals surface area contributed by atoms with Gasteiger partial charge in [-0.2, -0.15) is 0 Å². The molecule has 1 amide bonds. The summed E-state index contributed by atoms with van der Waals surface area (Å²) in [6.07, 6.45) is 0. The Morgan fingerprint density at radius 1 is 1.29 bits per heavy atom. The maximum absolute atomic E-state index is 12.9. The van der Waals surface area contributed by atoms with Gasteiger partial charge in [0.2, 0.25) is 5.91 Å². The van der Waals surface area contributed by atoms with Crippen LogP contribution >= 0.6 is 12.4 Å². The molecule has 0 aliphatic rings. The molecule has 0 fully saturated rings. The standard InChI is InChI=1S/C11H14F2N2O.ClH/c1-6(14)11(16)15-7(2)8-3-4-9(12)10(13)5-8;/h3-7H,14H2,1-2H3,(H,15,16);1H. The largest absolute Gasteiger partial charge is 0.348 e. The maximum Gasteiger partial charge on any atom is 0.237 e. The van der Waals surface area contributed by atoms with Gasteiger partial charge in [0.1, 0.15) is 0 Å². The molecule has 0 aliphatic carbocycles. The molecule has 1 aromatic carbocycles. The Morgan fingerprint density at radius 2 is 1.88 bits per heavy atom. The maximum atomic E-state index is 12.9. The summed E-state index contributed by atoms with van der Waals surface area (Å²) < 4.78 is 25.6. The van der Waals surface area contributed by atoms with Gasteiger partial charge in [-0.25, -0.2) is 8.78 Å². The second-order valence-electron chi connectivity index (χ2n) is 3.69. The van der Waals surface area contributed by atoms with Crippen LogP contribution in [-0.2, 0) is 4.79 Å². The second-order valence-corrected chi connectivity index (χ2v) is 3.69. The van der Waals surface area contributed by atoms with Crippen LogP contribution in [0.2, 0.25) is 0 Å². The molecule has 17 heavy (non-hydrogen) atoms. The highest BCUT2D eigenvalue weighted by Gasteiger charge is 2.14. The molecule has 0 spiro atoms. The number of carbonyl (C=O) groups excluding carboxylic acids is 1. The molecule has 0 radical (unpaired) electrons. The molecule has 0 heterocycles. The zero-order valence-corrected chi connectivity index (χ0v) is 10.4. The minimum atomic E-state index is -0.931. The lowest BCUT2D eigenvalue weighted by Gasteiger charge is -2.16. The highest BCUT2D eigenvalue weighted by molar-refractivity contribution is 5.85. The van der Waals surface area contributed by atoms with E-state index < -0.39 is 23.7 Å². The first kappa shape index (κ1) is 15.8. The lowest BCUT2D eigenvalue weighted by Crippen LogP contribution is -2.39. The van der Waals surface area contributed by atoms with E-state index in [4.69, 9.17) is 5.73 Å². The predicted molar refractivity (Wildman–Crippen MR) is 63.8 cm³/mol. The van der Waals surface area contributed by atoms with Crippen LogP contribution in [0.5, 0.6) is 0 Å². The van der Waals surface area contributed by atoms with Gasteiger partial charge in [-0.3, -0.25) is 4.79 Å². The first-order chi connectivity index (χ1) is 7.41. The van der Waals surface area contributed by atoms with Crippen molar-refractivity contribution in [3.05, 3.63) is 35.4 Å². The SMILES string of the molecule is CC(N)C(=O)NC(C)c1ccc(F)c(F)c1.Cl. The van der Waals surface area contributed by atoms with Crippen molar-refractivity contribution in [2.75, 3.05) is 0 Å². The summed E-state index contributed by atoms with van der Waals surface area (Å²) in [7, 11) is 0. The van der Waals surface area contributed by atoms with Gasteiger partial charge in [0.05, 0.1) is 12.1 Å². The van der Waals surface area contributed by atoms with E-state index in [9.17, 15) is 13.6 Å². The Morgan fingerprint density at radius 3 is 2.35 bits per heavy atom. The van der Waals surface area contributed by atoms with Crippen LogP contribution in [0.1, 0.15) is 25.5 Å². The Labute approximate surface area is 105 Å². The van der Waals surface area contributed by atoms with Gasteiger partial charge in [-0.15, -0.1) is 12.4 Å². The molecule has 0 saturated carbocycles. The van der Waals surface area contributed by atoms with E-state index in [0.717, 1.165) is 12.1 Å². The monoisotopic (exact) mass is 264 g/mol. The average Bonchev–Trinajstić information content (AvgIpc) is 2.21. The van der Waals surface area contributed by atoms with Gasteiger partial charge in [0.15, 0.2) is 11.6 Å². The van der Waals surface area contributed by atoms with Crippen LogP contribution in [-0.4, -0.2) is 11.9 Å². The number of halogens is 3. The number of amides is 1. The van der Waals surface area contributed by atoms with Crippen molar-refractivity contribution >= 4 is 18.3 Å². The van der Waals surface area contributed by atoms with Crippen LogP contribution in [0.4, 0.5) is 8.78 Å². The Balaban J connectivity index is 0.00000256. The number of nitrogens with one attached hydrogen (secondary N) is 1. The number of benzene rings is 1. The summed E-state index contributed by atoms with van der Waals surface area (Å²) >= 11 is 0. The molecule has 0 aromatic heterocycles. The number of rotatable bonds is 3. The van der Waals surface area contributed by atoms with E-state index in [2.05, 4.69) is 5.32 Å². The third kappa shape index (κ3) is 4.28. The first-order valence-electron chi connectivity index (χ1n) is 4.92. The lowest BCUT2D eigenvalue weighted by molar-refractivity contribution is -0.122. The van der Waals surface area contributed by atoms with Crippen LogP contribution in [0.25, 0.3) is 0 Å². The van der Waals surface area contributed by atoms with Crippen LogP contribution < -0.4 is 11.1 Å². The van der Waals surface area contributed by atoms with Crippen molar-refractivity contribution in [3.63, 3.8) is 0 Å². The van der Waals surface area contributed by atoms with Crippen molar-refractivity contribution in [2.45, 2.75) is 25.9 Å². The predicted octanol–water partition coefficient (Wildman–Crippen LogP) is 1.91. The molecule has 6 heteroatoms. The Bertz CT molecular complexity index is 399. The normalized spacial score (nSPS) is 13.5.